The van der Waals surface area contributed by atoms with Crippen LogP contribution in [0, 0.1) is 0 Å². The molecule has 0 saturated carbocycles. The number of carbonyl (C=O) groups is 1. The topological polar surface area (TPSA) is 39.2 Å². The molecule has 0 unspecified atom stereocenters. The Bertz CT molecular complexity index is 490. The Balaban J connectivity index is 3.44. The molecule has 9 heteroatoms. The van der Waals surface area contributed by atoms with Crippen molar-refractivity contribution < 1.29 is 31.5 Å². The molecule has 0 N–H and O–H groups in total. The lowest BCUT2D eigenvalue weighted by molar-refractivity contribution is -0.139. The van der Waals surface area contributed by atoms with Crippen LogP contribution in [0.15, 0.2) is 6.07 Å². The van der Waals surface area contributed by atoms with E-state index in [2.05, 4.69) is 9.72 Å². The number of halogens is 6. The van der Waals surface area contributed by atoms with Crippen molar-refractivity contribution in [3.63, 3.8) is 0 Å². The van der Waals surface area contributed by atoms with Gasteiger partial charge in [-0.05, 0) is 13.0 Å². The molecule has 1 aromatic heterocycles. The molecule has 0 bridgehead atoms. The van der Waals surface area contributed by atoms with Gasteiger partial charge in [0.15, 0.2) is 5.69 Å². The lowest BCUT2D eigenvalue weighted by Crippen LogP contribution is -2.15. The van der Waals surface area contributed by atoms with Crippen molar-refractivity contribution in [1.82, 2.24) is 4.98 Å². The number of alkyl halides is 5. The Hall–Kier alpha value is -1.44. The Labute approximate surface area is 109 Å². The van der Waals surface area contributed by atoms with Crippen LogP contribution < -0.4 is 0 Å². The molecule has 0 saturated heterocycles. The van der Waals surface area contributed by atoms with Gasteiger partial charge in [0.2, 0.25) is 0 Å². The zero-order valence-corrected chi connectivity index (χ0v) is 10.1. The molecule has 0 aliphatic carbocycles. The van der Waals surface area contributed by atoms with Crippen LogP contribution in [0.25, 0.3) is 0 Å². The number of rotatable bonds is 3. The molecular formula is C10H7ClF5NO2. The molecule has 1 heterocycles. The molecule has 0 spiro atoms. The van der Waals surface area contributed by atoms with E-state index >= 15 is 0 Å². The second-order valence-corrected chi connectivity index (χ2v) is 3.64. The summed E-state index contributed by atoms with van der Waals surface area (Å²) in [6.07, 6.45) is -8.55. The van der Waals surface area contributed by atoms with Gasteiger partial charge in [-0.15, -0.1) is 0 Å². The van der Waals surface area contributed by atoms with Gasteiger partial charge in [0.05, 0.1) is 17.7 Å². The molecule has 0 aliphatic rings. The molecule has 0 fully saturated rings. The average molecular weight is 304 g/mol. The zero-order valence-electron chi connectivity index (χ0n) is 9.39. The third-order valence-corrected chi connectivity index (χ3v) is 2.31. The van der Waals surface area contributed by atoms with E-state index in [1.807, 2.05) is 0 Å². The van der Waals surface area contributed by atoms with E-state index in [1.165, 1.54) is 6.92 Å². The van der Waals surface area contributed by atoms with Crippen molar-refractivity contribution in [1.29, 1.82) is 0 Å². The lowest BCUT2D eigenvalue weighted by Gasteiger charge is -2.14. The number of nitrogens with zero attached hydrogens (tertiary/aromatic N) is 1. The molecule has 1 rings (SSSR count). The molecule has 3 nitrogen and oxygen atoms in total. The van der Waals surface area contributed by atoms with Crippen LogP contribution in [0.5, 0.6) is 0 Å². The molecule has 0 atom stereocenters. The van der Waals surface area contributed by atoms with Crippen molar-refractivity contribution >= 4 is 17.6 Å². The van der Waals surface area contributed by atoms with Gasteiger partial charge in [-0.1, -0.05) is 11.6 Å². The van der Waals surface area contributed by atoms with Crippen LogP contribution in [0.2, 0.25) is 5.15 Å². The van der Waals surface area contributed by atoms with Crippen molar-refractivity contribution in [3.05, 3.63) is 28.0 Å². The van der Waals surface area contributed by atoms with Gasteiger partial charge >= 0.3 is 12.1 Å². The summed E-state index contributed by atoms with van der Waals surface area (Å²) >= 11 is 5.28. The van der Waals surface area contributed by atoms with Crippen LogP contribution >= 0.6 is 11.6 Å². The normalized spacial score (nSPS) is 11.8. The van der Waals surface area contributed by atoms with Gasteiger partial charge in [-0.3, -0.25) is 0 Å². The quantitative estimate of drug-likeness (QED) is 0.483. The summed E-state index contributed by atoms with van der Waals surface area (Å²) in [5, 5.41) is -1.08. The number of ether oxygens (including phenoxy) is 1. The predicted octanol–water partition coefficient (Wildman–Crippen LogP) is 3.87. The van der Waals surface area contributed by atoms with E-state index in [0.29, 0.717) is 0 Å². The zero-order chi connectivity index (χ0) is 14.8. The van der Waals surface area contributed by atoms with Crippen LogP contribution in [0.3, 0.4) is 0 Å². The fourth-order valence-corrected chi connectivity index (χ4v) is 1.55. The minimum Gasteiger partial charge on any atom is -0.461 e. The van der Waals surface area contributed by atoms with Crippen LogP contribution in [0.4, 0.5) is 22.0 Å². The van der Waals surface area contributed by atoms with Crippen molar-refractivity contribution in [3.8, 4) is 0 Å². The minimum absolute atomic E-state index is 0.101. The molecule has 106 valence electrons. The Morgan fingerprint density at radius 3 is 2.47 bits per heavy atom. The molecule has 1 aromatic rings. The number of esters is 1. The third kappa shape index (κ3) is 3.52. The first-order valence-electron chi connectivity index (χ1n) is 4.91. The molecule has 19 heavy (non-hydrogen) atoms. The van der Waals surface area contributed by atoms with Gasteiger partial charge < -0.3 is 4.74 Å². The van der Waals surface area contributed by atoms with E-state index < -0.39 is 40.5 Å². The first kappa shape index (κ1) is 15.6. The standard InChI is InChI=1S/C10H7ClF5NO2/c1-2-19-9(18)5-3-4(10(14,15)16)6(8(12)13)7(11)17-5/h3,8H,2H2,1H3. The van der Waals surface area contributed by atoms with Crippen LogP contribution in [-0.4, -0.2) is 17.6 Å². The number of aromatic nitrogens is 1. The fourth-order valence-electron chi connectivity index (χ4n) is 1.28. The van der Waals surface area contributed by atoms with E-state index in [4.69, 9.17) is 11.6 Å². The number of carbonyl (C=O) groups excluding carboxylic acids is 1. The number of pyridine rings is 1. The summed E-state index contributed by atoms with van der Waals surface area (Å²) in [6.45, 7) is 1.33. The van der Waals surface area contributed by atoms with E-state index in [0.717, 1.165) is 0 Å². The van der Waals surface area contributed by atoms with Gasteiger partial charge in [0.25, 0.3) is 6.43 Å². The van der Waals surface area contributed by atoms with Crippen molar-refractivity contribution in [2.24, 2.45) is 0 Å². The average Bonchev–Trinajstić information content (AvgIpc) is 2.26. The Kier molecular flexibility index (Phi) is 4.67. The first-order chi connectivity index (χ1) is 8.68. The minimum atomic E-state index is -5.08. The molecule has 0 radical (unpaired) electrons. The maximum atomic E-state index is 12.6. The molecule has 0 aliphatic heterocycles. The van der Waals surface area contributed by atoms with E-state index in [-0.39, 0.29) is 12.7 Å². The van der Waals surface area contributed by atoms with Gasteiger partial charge in [-0.2, -0.15) is 13.2 Å². The van der Waals surface area contributed by atoms with Gasteiger partial charge in [0, 0.05) is 0 Å². The van der Waals surface area contributed by atoms with Crippen molar-refractivity contribution in [2.45, 2.75) is 19.5 Å². The summed E-state index contributed by atoms with van der Waals surface area (Å²) in [7, 11) is 0. The van der Waals surface area contributed by atoms with E-state index in [9.17, 15) is 26.7 Å². The Morgan fingerprint density at radius 1 is 1.47 bits per heavy atom. The smallest absolute Gasteiger partial charge is 0.417 e. The summed E-state index contributed by atoms with van der Waals surface area (Å²) in [5.41, 5.74) is -3.93. The second kappa shape index (κ2) is 5.68. The van der Waals surface area contributed by atoms with Gasteiger partial charge in [0.1, 0.15) is 5.15 Å². The van der Waals surface area contributed by atoms with Crippen LogP contribution in [-0.2, 0) is 10.9 Å². The third-order valence-electron chi connectivity index (χ3n) is 2.02. The number of hydrogen-bond donors (Lipinski definition) is 0. The lowest BCUT2D eigenvalue weighted by atomic mass is 10.1. The Morgan fingerprint density at radius 2 is 2.05 bits per heavy atom. The highest BCUT2D eigenvalue weighted by atomic mass is 35.5. The maximum absolute atomic E-state index is 12.6. The SMILES string of the molecule is CCOC(=O)c1cc(C(F)(F)F)c(C(F)F)c(Cl)n1. The van der Waals surface area contributed by atoms with E-state index in [1.54, 1.807) is 0 Å². The number of hydrogen-bond acceptors (Lipinski definition) is 3. The fraction of sp³-hybridized carbons (Fsp3) is 0.400. The summed E-state index contributed by atoms with van der Waals surface area (Å²) in [6, 6.07) is 0.200. The molecular weight excluding hydrogens is 297 g/mol. The highest BCUT2D eigenvalue weighted by Gasteiger charge is 2.38. The second-order valence-electron chi connectivity index (χ2n) is 3.28. The maximum Gasteiger partial charge on any atom is 0.417 e. The molecule has 0 aromatic carbocycles. The molecule has 0 amide bonds. The summed E-state index contributed by atoms with van der Waals surface area (Å²) in [4.78, 5) is 14.5. The van der Waals surface area contributed by atoms with Crippen LogP contribution in [0.1, 0.15) is 35.0 Å². The monoisotopic (exact) mass is 303 g/mol. The largest absolute Gasteiger partial charge is 0.461 e. The highest BCUT2D eigenvalue weighted by molar-refractivity contribution is 6.30. The summed E-state index contributed by atoms with van der Waals surface area (Å²) < 4.78 is 67.5. The van der Waals surface area contributed by atoms with Crippen molar-refractivity contribution in [2.75, 3.05) is 6.61 Å². The predicted molar refractivity (Wildman–Crippen MR) is 55.2 cm³/mol. The summed E-state index contributed by atoms with van der Waals surface area (Å²) in [5.74, 6) is -1.17. The first-order valence-corrected chi connectivity index (χ1v) is 5.29. The highest BCUT2D eigenvalue weighted by Crippen LogP contribution is 2.39. The van der Waals surface area contributed by atoms with Gasteiger partial charge in [-0.25, -0.2) is 18.6 Å².